The van der Waals surface area contributed by atoms with Crippen LogP contribution < -0.4 is 15.4 Å². The summed E-state index contributed by atoms with van der Waals surface area (Å²) < 4.78 is 30.0. The summed E-state index contributed by atoms with van der Waals surface area (Å²) in [4.78, 5) is 12.8. The number of aliphatic hydroxyl groups excluding tert-OH is 1. The lowest BCUT2D eigenvalue weighted by Crippen LogP contribution is -2.49. The first kappa shape index (κ1) is 28.6. The van der Waals surface area contributed by atoms with Crippen molar-refractivity contribution >= 4 is 15.7 Å². The number of hydrogen-bond donors (Lipinski definition) is 3. The molecule has 0 radical (unpaired) electrons. The number of amides is 1. The van der Waals surface area contributed by atoms with E-state index < -0.39 is 33.6 Å². The third-order valence-electron chi connectivity index (χ3n) is 5.62. The number of benzene rings is 2. The van der Waals surface area contributed by atoms with Crippen molar-refractivity contribution in [2.45, 2.75) is 45.4 Å². The Bertz CT molecular complexity index is 1050. The second-order valence-corrected chi connectivity index (χ2v) is 11.4. The third-order valence-corrected chi connectivity index (χ3v) is 7.26. The molecule has 2 atom stereocenters. The molecule has 1 amide bonds. The molecular weight excluding hydrogens is 464 g/mol. The van der Waals surface area contributed by atoms with E-state index >= 15 is 0 Å². The van der Waals surface area contributed by atoms with Crippen molar-refractivity contribution in [1.82, 2.24) is 10.6 Å². The Morgan fingerprint density at radius 3 is 2.43 bits per heavy atom. The molecule has 8 heteroatoms. The summed E-state index contributed by atoms with van der Waals surface area (Å²) >= 11 is 0. The predicted octanol–water partition coefficient (Wildman–Crippen LogP) is 2.89. The fourth-order valence-electron chi connectivity index (χ4n) is 3.53. The van der Waals surface area contributed by atoms with E-state index in [1.807, 2.05) is 68.4 Å². The Kier molecular flexibility index (Phi) is 11.4. The van der Waals surface area contributed by atoms with E-state index in [0.717, 1.165) is 16.9 Å². The Hall–Kier alpha value is -2.68. The normalized spacial score (nSPS) is 13.3. The standard InChI is InChI=1S/C27H38N2O5S/c1-20(2)13-14-35(32,33)19-21(3)27(31)29-25(16-22-9-6-5-7-10-22)26(30)18-28-17-23-11-8-12-24(15-23)34-4/h5-12,15,20,25-26,28,30H,3,13-14,16-19H2,1-2,4H3,(H,29,31)/t25-,26+/m0/s1. The van der Waals surface area contributed by atoms with E-state index in [-0.39, 0.29) is 23.8 Å². The topological polar surface area (TPSA) is 105 Å². The fourth-order valence-corrected chi connectivity index (χ4v) is 5.17. The minimum absolute atomic E-state index is 0.0151. The Labute approximate surface area is 209 Å². The van der Waals surface area contributed by atoms with Gasteiger partial charge in [0.05, 0.1) is 30.8 Å². The molecule has 2 aromatic carbocycles. The first-order chi connectivity index (χ1) is 16.6. The number of nitrogens with one attached hydrogen (secondary N) is 2. The predicted molar refractivity (Wildman–Crippen MR) is 140 cm³/mol. The van der Waals surface area contributed by atoms with E-state index in [1.165, 1.54) is 0 Å². The van der Waals surface area contributed by atoms with E-state index in [9.17, 15) is 18.3 Å². The van der Waals surface area contributed by atoms with Gasteiger partial charge in [-0.15, -0.1) is 0 Å². The maximum atomic E-state index is 12.8. The van der Waals surface area contributed by atoms with Crippen LogP contribution in [0.1, 0.15) is 31.4 Å². The van der Waals surface area contributed by atoms with Crippen molar-refractivity contribution < 1.29 is 23.1 Å². The highest BCUT2D eigenvalue weighted by Gasteiger charge is 2.25. The Balaban J connectivity index is 2.01. The smallest absolute Gasteiger partial charge is 0.247 e. The molecule has 2 aromatic rings. The van der Waals surface area contributed by atoms with Crippen LogP contribution in [0.5, 0.6) is 5.75 Å². The highest BCUT2D eigenvalue weighted by molar-refractivity contribution is 7.91. The van der Waals surface area contributed by atoms with Crippen LogP contribution >= 0.6 is 0 Å². The summed E-state index contributed by atoms with van der Waals surface area (Å²) in [5.74, 6) is 0.0585. The van der Waals surface area contributed by atoms with Crippen molar-refractivity contribution in [2.75, 3.05) is 25.2 Å². The molecule has 0 aliphatic carbocycles. The number of methoxy groups -OCH3 is 1. The lowest BCUT2D eigenvalue weighted by molar-refractivity contribution is -0.118. The van der Waals surface area contributed by atoms with Gasteiger partial charge in [0.25, 0.3) is 0 Å². The van der Waals surface area contributed by atoms with E-state index in [1.54, 1.807) is 7.11 Å². The van der Waals surface area contributed by atoms with Gasteiger partial charge in [0, 0.05) is 18.7 Å². The molecule has 0 unspecified atom stereocenters. The summed E-state index contributed by atoms with van der Waals surface area (Å²) in [6.07, 6.45) is 0.0168. The molecule has 0 aliphatic rings. The van der Waals surface area contributed by atoms with Crippen LogP contribution in [0.3, 0.4) is 0 Å². The quantitative estimate of drug-likeness (QED) is 0.324. The minimum Gasteiger partial charge on any atom is -0.497 e. The highest BCUT2D eigenvalue weighted by atomic mass is 32.2. The van der Waals surface area contributed by atoms with E-state index in [0.29, 0.717) is 19.4 Å². The molecule has 3 N–H and O–H groups in total. The molecule has 192 valence electrons. The van der Waals surface area contributed by atoms with Crippen LogP contribution in [0.4, 0.5) is 0 Å². The van der Waals surface area contributed by atoms with Gasteiger partial charge in [-0.05, 0) is 42.0 Å². The van der Waals surface area contributed by atoms with Crippen molar-refractivity contribution in [2.24, 2.45) is 5.92 Å². The molecule has 7 nitrogen and oxygen atoms in total. The van der Waals surface area contributed by atoms with E-state index in [2.05, 4.69) is 17.2 Å². The number of carbonyl (C=O) groups is 1. The van der Waals surface area contributed by atoms with Crippen LogP contribution in [-0.4, -0.2) is 56.7 Å². The molecule has 0 bridgehead atoms. The molecule has 0 heterocycles. The second-order valence-electron chi connectivity index (χ2n) is 9.20. The molecule has 0 fully saturated rings. The van der Waals surface area contributed by atoms with Gasteiger partial charge >= 0.3 is 0 Å². The number of hydrogen-bond acceptors (Lipinski definition) is 6. The van der Waals surface area contributed by atoms with Crippen LogP contribution in [0.25, 0.3) is 0 Å². The number of ether oxygens (including phenoxy) is 1. The Morgan fingerprint density at radius 2 is 1.77 bits per heavy atom. The van der Waals surface area contributed by atoms with Crippen molar-refractivity contribution in [3.8, 4) is 5.75 Å². The summed E-state index contributed by atoms with van der Waals surface area (Å²) in [7, 11) is -1.82. The van der Waals surface area contributed by atoms with Gasteiger partial charge in [-0.25, -0.2) is 8.42 Å². The summed E-state index contributed by atoms with van der Waals surface area (Å²) in [6.45, 7) is 8.36. The maximum Gasteiger partial charge on any atom is 0.247 e. The summed E-state index contributed by atoms with van der Waals surface area (Å²) in [6, 6.07) is 16.5. The maximum absolute atomic E-state index is 12.8. The lowest BCUT2D eigenvalue weighted by Gasteiger charge is -2.25. The molecule has 0 spiro atoms. The zero-order chi connectivity index (χ0) is 25.8. The van der Waals surface area contributed by atoms with Crippen LogP contribution in [-0.2, 0) is 27.6 Å². The molecule has 35 heavy (non-hydrogen) atoms. The zero-order valence-corrected chi connectivity index (χ0v) is 21.7. The number of aliphatic hydroxyl groups is 1. The number of sulfone groups is 1. The van der Waals surface area contributed by atoms with E-state index in [4.69, 9.17) is 4.74 Å². The first-order valence-corrected chi connectivity index (χ1v) is 13.7. The highest BCUT2D eigenvalue weighted by Crippen LogP contribution is 2.13. The SMILES string of the molecule is C=C(CS(=O)(=O)CCC(C)C)C(=O)N[C@@H](Cc1ccccc1)[C@H](O)CNCc1cccc(OC)c1. The summed E-state index contributed by atoms with van der Waals surface area (Å²) in [5, 5.41) is 16.9. The van der Waals surface area contributed by atoms with Crippen LogP contribution in [0, 0.1) is 5.92 Å². The molecule has 0 aromatic heterocycles. The van der Waals surface area contributed by atoms with Gasteiger partial charge in [0.1, 0.15) is 5.75 Å². The van der Waals surface area contributed by atoms with Crippen molar-refractivity contribution in [1.29, 1.82) is 0 Å². The number of rotatable bonds is 15. The summed E-state index contributed by atoms with van der Waals surface area (Å²) in [5.41, 5.74) is 1.92. The molecule has 0 aliphatic heterocycles. The van der Waals surface area contributed by atoms with Gasteiger partial charge in [0.2, 0.25) is 5.91 Å². The lowest BCUT2D eigenvalue weighted by atomic mass is 10.0. The molecular formula is C27H38N2O5S. The fraction of sp³-hybridized carbons (Fsp3) is 0.444. The Morgan fingerprint density at radius 1 is 1.09 bits per heavy atom. The molecule has 0 saturated heterocycles. The van der Waals surface area contributed by atoms with Crippen LogP contribution in [0.15, 0.2) is 66.7 Å². The minimum atomic E-state index is -3.43. The van der Waals surface area contributed by atoms with Crippen LogP contribution in [0.2, 0.25) is 0 Å². The van der Waals surface area contributed by atoms with Gasteiger partial charge in [0.15, 0.2) is 9.84 Å². The van der Waals surface area contributed by atoms with Crippen molar-refractivity contribution in [3.05, 3.63) is 77.9 Å². The first-order valence-electron chi connectivity index (χ1n) is 11.8. The third kappa shape index (κ3) is 10.6. The monoisotopic (exact) mass is 502 g/mol. The average molecular weight is 503 g/mol. The number of carbonyl (C=O) groups excluding carboxylic acids is 1. The largest absolute Gasteiger partial charge is 0.497 e. The molecule has 2 rings (SSSR count). The zero-order valence-electron chi connectivity index (χ0n) is 20.9. The average Bonchev–Trinajstić information content (AvgIpc) is 2.82. The van der Waals surface area contributed by atoms with Gasteiger partial charge in [-0.2, -0.15) is 0 Å². The molecule has 0 saturated carbocycles. The second kappa shape index (κ2) is 14.0. The van der Waals surface area contributed by atoms with Gasteiger partial charge in [-0.3, -0.25) is 4.79 Å². The van der Waals surface area contributed by atoms with Gasteiger partial charge in [-0.1, -0.05) is 62.9 Å². The van der Waals surface area contributed by atoms with Crippen molar-refractivity contribution in [3.63, 3.8) is 0 Å². The van der Waals surface area contributed by atoms with Gasteiger partial charge < -0.3 is 20.5 Å².